The van der Waals surface area contributed by atoms with Gasteiger partial charge in [-0.1, -0.05) is 6.07 Å². The summed E-state index contributed by atoms with van der Waals surface area (Å²) < 4.78 is 24.3. The molecule has 1 saturated carbocycles. The summed E-state index contributed by atoms with van der Waals surface area (Å²) in [6.45, 7) is 6.46. The normalized spacial score (nSPS) is 17.1. The van der Waals surface area contributed by atoms with Gasteiger partial charge in [0.2, 0.25) is 0 Å². The average Bonchev–Trinajstić information content (AvgIpc) is 3.38. The highest BCUT2D eigenvalue weighted by Crippen LogP contribution is 2.48. The Bertz CT molecular complexity index is 588. The fourth-order valence-corrected chi connectivity index (χ4v) is 2.83. The van der Waals surface area contributed by atoms with Crippen molar-refractivity contribution in [2.24, 2.45) is 10.4 Å². The largest absolute Gasteiger partial charge is 0.494 e. The van der Waals surface area contributed by atoms with Gasteiger partial charge in [-0.2, -0.15) is 0 Å². The lowest BCUT2D eigenvalue weighted by atomic mass is 10.0. The molecular formula is C19H30FN3O2. The van der Waals surface area contributed by atoms with Crippen molar-refractivity contribution in [3.63, 3.8) is 0 Å². The van der Waals surface area contributed by atoms with Crippen molar-refractivity contribution < 1.29 is 13.9 Å². The smallest absolute Gasteiger partial charge is 0.191 e. The Balaban J connectivity index is 1.86. The van der Waals surface area contributed by atoms with Gasteiger partial charge in [0, 0.05) is 26.8 Å². The van der Waals surface area contributed by atoms with Crippen LogP contribution in [0.5, 0.6) is 5.75 Å². The third-order valence-electron chi connectivity index (χ3n) is 4.82. The molecule has 5 nitrogen and oxygen atoms in total. The minimum Gasteiger partial charge on any atom is -0.494 e. The van der Waals surface area contributed by atoms with Crippen LogP contribution < -0.4 is 15.4 Å². The van der Waals surface area contributed by atoms with E-state index in [1.807, 2.05) is 19.9 Å². The van der Waals surface area contributed by atoms with Crippen molar-refractivity contribution in [3.05, 3.63) is 29.6 Å². The number of hydrogen-bond acceptors (Lipinski definition) is 3. The molecule has 1 aliphatic rings. The van der Waals surface area contributed by atoms with Gasteiger partial charge in [0.05, 0.1) is 13.2 Å². The summed E-state index contributed by atoms with van der Waals surface area (Å²) in [4.78, 5) is 4.28. The monoisotopic (exact) mass is 351 g/mol. The van der Waals surface area contributed by atoms with Gasteiger partial charge < -0.3 is 20.1 Å². The molecule has 0 saturated heterocycles. The summed E-state index contributed by atoms with van der Waals surface area (Å²) in [7, 11) is 3.21. The van der Waals surface area contributed by atoms with E-state index in [1.54, 1.807) is 13.1 Å². The molecule has 0 radical (unpaired) electrons. The summed E-state index contributed by atoms with van der Waals surface area (Å²) >= 11 is 0. The first-order chi connectivity index (χ1) is 12.0. The zero-order chi connectivity index (χ0) is 18.3. The first-order valence-electron chi connectivity index (χ1n) is 8.92. The van der Waals surface area contributed by atoms with Crippen molar-refractivity contribution in [1.82, 2.24) is 10.6 Å². The molecule has 0 amide bonds. The molecule has 2 N–H and O–H groups in total. The van der Waals surface area contributed by atoms with Gasteiger partial charge in [-0.3, -0.25) is 4.99 Å². The van der Waals surface area contributed by atoms with Crippen LogP contribution in [0.2, 0.25) is 0 Å². The second-order valence-electron chi connectivity index (χ2n) is 6.63. The summed E-state index contributed by atoms with van der Waals surface area (Å²) in [6.07, 6.45) is 3.52. The summed E-state index contributed by atoms with van der Waals surface area (Å²) in [6, 6.07) is 4.93. The van der Waals surface area contributed by atoms with Crippen LogP contribution in [0.25, 0.3) is 0 Å². The van der Waals surface area contributed by atoms with E-state index in [4.69, 9.17) is 9.47 Å². The van der Waals surface area contributed by atoms with Crippen molar-refractivity contribution >= 4 is 5.96 Å². The predicted molar refractivity (Wildman–Crippen MR) is 98.6 cm³/mol. The summed E-state index contributed by atoms with van der Waals surface area (Å²) in [5.74, 6) is 0.624. The Morgan fingerprint density at radius 3 is 2.72 bits per heavy atom. The topological polar surface area (TPSA) is 54.9 Å². The molecule has 0 aliphatic heterocycles. The standard InChI is InChI=1S/C19H30FN3O2/c1-5-25-11-10-19(8-9-19)13-22-18(21-3)23-14(2)15-6-7-17(24-4)16(20)12-15/h6-7,12,14H,5,8-11,13H2,1-4H3,(H2,21,22,23). The number of methoxy groups -OCH3 is 1. The number of nitrogens with zero attached hydrogens (tertiary/aromatic N) is 1. The Kier molecular flexibility index (Phi) is 7.05. The van der Waals surface area contributed by atoms with Crippen molar-refractivity contribution in [2.45, 2.75) is 39.2 Å². The number of aliphatic imine (C=N–C) groups is 1. The van der Waals surface area contributed by atoms with Gasteiger partial charge in [-0.25, -0.2) is 4.39 Å². The molecule has 6 heteroatoms. The zero-order valence-electron chi connectivity index (χ0n) is 15.7. The molecular weight excluding hydrogens is 321 g/mol. The van der Waals surface area contributed by atoms with Crippen LogP contribution in [0, 0.1) is 11.2 Å². The van der Waals surface area contributed by atoms with Gasteiger partial charge in [-0.05, 0) is 56.2 Å². The molecule has 1 aliphatic carbocycles. The SMILES string of the molecule is CCOCCC1(CNC(=NC)NC(C)c2ccc(OC)c(F)c2)CC1. The van der Waals surface area contributed by atoms with Crippen LogP contribution in [-0.4, -0.2) is 39.9 Å². The second-order valence-corrected chi connectivity index (χ2v) is 6.63. The number of nitrogens with one attached hydrogen (secondary N) is 2. The Morgan fingerprint density at radius 1 is 1.40 bits per heavy atom. The molecule has 0 bridgehead atoms. The summed E-state index contributed by atoms with van der Waals surface area (Å²) in [5, 5.41) is 6.72. The maximum Gasteiger partial charge on any atom is 0.191 e. The van der Waals surface area contributed by atoms with Gasteiger partial charge in [0.1, 0.15) is 0 Å². The van der Waals surface area contributed by atoms with Crippen LogP contribution in [0.3, 0.4) is 0 Å². The van der Waals surface area contributed by atoms with Gasteiger partial charge >= 0.3 is 0 Å². The molecule has 140 valence electrons. The minimum absolute atomic E-state index is 0.0646. The third-order valence-corrected chi connectivity index (χ3v) is 4.82. The van der Waals surface area contributed by atoms with Crippen molar-refractivity contribution in [1.29, 1.82) is 0 Å². The van der Waals surface area contributed by atoms with E-state index < -0.39 is 0 Å². The lowest BCUT2D eigenvalue weighted by molar-refractivity contribution is 0.128. The molecule has 1 aromatic rings. The molecule has 0 spiro atoms. The number of hydrogen-bond donors (Lipinski definition) is 2. The number of rotatable bonds is 9. The quantitative estimate of drug-likeness (QED) is 0.407. The van der Waals surface area contributed by atoms with Gasteiger partial charge in [0.15, 0.2) is 17.5 Å². The fourth-order valence-electron chi connectivity index (χ4n) is 2.83. The number of halogens is 1. The van der Waals surface area contributed by atoms with Gasteiger partial charge in [-0.15, -0.1) is 0 Å². The number of ether oxygens (including phenoxy) is 2. The number of guanidine groups is 1. The number of benzene rings is 1. The van der Waals surface area contributed by atoms with Crippen LogP contribution in [0.1, 0.15) is 44.7 Å². The Hall–Kier alpha value is -1.82. The van der Waals surface area contributed by atoms with E-state index in [0.29, 0.717) is 5.41 Å². The average molecular weight is 351 g/mol. The Labute approximate surface area is 150 Å². The molecule has 0 aromatic heterocycles. The third kappa shape index (κ3) is 5.59. The van der Waals surface area contributed by atoms with E-state index in [1.165, 1.54) is 26.0 Å². The van der Waals surface area contributed by atoms with Crippen LogP contribution in [0.4, 0.5) is 4.39 Å². The first-order valence-corrected chi connectivity index (χ1v) is 8.92. The minimum atomic E-state index is -0.357. The maximum absolute atomic E-state index is 13.9. The maximum atomic E-state index is 13.9. The molecule has 1 unspecified atom stereocenters. The molecule has 1 aromatic carbocycles. The summed E-state index contributed by atoms with van der Waals surface area (Å²) in [5.41, 5.74) is 1.18. The highest BCUT2D eigenvalue weighted by molar-refractivity contribution is 5.80. The van der Waals surface area contributed by atoms with E-state index in [2.05, 4.69) is 15.6 Å². The van der Waals surface area contributed by atoms with Crippen LogP contribution >= 0.6 is 0 Å². The van der Waals surface area contributed by atoms with Crippen molar-refractivity contribution in [3.8, 4) is 5.75 Å². The molecule has 1 fully saturated rings. The van der Waals surface area contributed by atoms with Crippen LogP contribution in [-0.2, 0) is 4.74 Å². The molecule has 25 heavy (non-hydrogen) atoms. The second kappa shape index (κ2) is 9.04. The van der Waals surface area contributed by atoms with Gasteiger partial charge in [0.25, 0.3) is 0 Å². The first kappa shape index (κ1) is 19.5. The van der Waals surface area contributed by atoms with E-state index >= 15 is 0 Å². The highest BCUT2D eigenvalue weighted by Gasteiger charge is 2.42. The molecule has 2 rings (SSSR count). The van der Waals surface area contributed by atoms with E-state index in [0.717, 1.165) is 37.7 Å². The lowest BCUT2D eigenvalue weighted by Gasteiger charge is -2.21. The Morgan fingerprint density at radius 2 is 2.16 bits per heavy atom. The highest BCUT2D eigenvalue weighted by atomic mass is 19.1. The lowest BCUT2D eigenvalue weighted by Crippen LogP contribution is -2.41. The van der Waals surface area contributed by atoms with E-state index in [-0.39, 0.29) is 17.6 Å². The zero-order valence-corrected chi connectivity index (χ0v) is 15.7. The van der Waals surface area contributed by atoms with E-state index in [9.17, 15) is 4.39 Å². The predicted octanol–water partition coefficient (Wildman–Crippen LogP) is 3.27. The fraction of sp³-hybridized carbons (Fsp3) is 0.632. The van der Waals surface area contributed by atoms with Crippen molar-refractivity contribution in [2.75, 3.05) is 33.9 Å². The molecule has 0 heterocycles. The van der Waals surface area contributed by atoms with Crippen LogP contribution in [0.15, 0.2) is 23.2 Å². The molecule has 1 atom stereocenters.